The van der Waals surface area contributed by atoms with Crippen molar-refractivity contribution in [2.75, 3.05) is 12.0 Å². The van der Waals surface area contributed by atoms with Crippen LogP contribution in [0, 0.1) is 0 Å². The average molecular weight is 207 g/mol. The quantitative estimate of drug-likeness (QED) is 0.824. The fraction of sp³-hybridized carbons (Fsp3) is 0.500. The largest absolute Gasteiger partial charge is 0.323 e. The Kier molecular flexibility index (Phi) is 3.14. The van der Waals surface area contributed by atoms with E-state index in [1.807, 2.05) is 11.8 Å². The van der Waals surface area contributed by atoms with Crippen LogP contribution >= 0.6 is 11.8 Å². The third kappa shape index (κ3) is 1.96. The van der Waals surface area contributed by atoms with E-state index in [0.717, 1.165) is 5.75 Å². The van der Waals surface area contributed by atoms with Crippen molar-refractivity contribution < 1.29 is 0 Å². The Bertz CT molecular complexity index is 322. The van der Waals surface area contributed by atoms with Crippen LogP contribution < -0.4 is 5.73 Å². The molecule has 0 amide bonds. The van der Waals surface area contributed by atoms with Crippen molar-refractivity contribution in [1.29, 1.82) is 0 Å². The highest BCUT2D eigenvalue weighted by Gasteiger charge is 2.13. The van der Waals surface area contributed by atoms with Gasteiger partial charge in [0.2, 0.25) is 0 Å². The zero-order valence-electron chi connectivity index (χ0n) is 8.62. The van der Waals surface area contributed by atoms with Gasteiger partial charge in [-0.15, -0.1) is 0 Å². The Hall–Kier alpha value is -0.470. The van der Waals surface area contributed by atoms with Crippen molar-refractivity contribution in [2.45, 2.75) is 25.3 Å². The van der Waals surface area contributed by atoms with E-state index in [9.17, 15) is 0 Å². The predicted molar refractivity (Wildman–Crippen MR) is 63.8 cm³/mol. The normalized spacial score (nSPS) is 16.7. The number of hydrogen-bond donors (Lipinski definition) is 1. The first kappa shape index (κ1) is 10.1. The summed E-state index contributed by atoms with van der Waals surface area (Å²) in [5.41, 5.74) is 10.4. The molecule has 1 aliphatic carbocycles. The SMILES string of the molecule is CSCC(N)c1ccc2c(c1)CCC2. The predicted octanol–water partition coefficient (Wildman–Crippen LogP) is 2.54. The summed E-state index contributed by atoms with van der Waals surface area (Å²) in [6.07, 6.45) is 5.92. The van der Waals surface area contributed by atoms with Gasteiger partial charge in [0.15, 0.2) is 0 Å². The third-order valence-corrected chi connectivity index (χ3v) is 3.59. The Balaban J connectivity index is 2.19. The maximum atomic E-state index is 6.08. The number of rotatable bonds is 3. The van der Waals surface area contributed by atoms with Gasteiger partial charge in [0.05, 0.1) is 0 Å². The van der Waals surface area contributed by atoms with Gasteiger partial charge in [-0.2, -0.15) is 11.8 Å². The minimum atomic E-state index is 0.205. The van der Waals surface area contributed by atoms with Crippen molar-refractivity contribution >= 4 is 11.8 Å². The minimum absolute atomic E-state index is 0.205. The zero-order valence-corrected chi connectivity index (χ0v) is 9.44. The number of benzene rings is 1. The lowest BCUT2D eigenvalue weighted by atomic mass is 10.0. The molecule has 0 saturated carbocycles. The molecule has 0 heterocycles. The number of thioether (sulfide) groups is 1. The van der Waals surface area contributed by atoms with E-state index in [1.54, 1.807) is 0 Å². The van der Waals surface area contributed by atoms with Crippen LogP contribution in [-0.2, 0) is 12.8 Å². The molecule has 0 spiro atoms. The topological polar surface area (TPSA) is 26.0 Å². The molecule has 1 atom stereocenters. The molecule has 1 nitrogen and oxygen atoms in total. The summed E-state index contributed by atoms with van der Waals surface area (Å²) in [4.78, 5) is 0. The fourth-order valence-electron chi connectivity index (χ4n) is 2.10. The van der Waals surface area contributed by atoms with Gasteiger partial charge in [-0.05, 0) is 42.2 Å². The molecular weight excluding hydrogens is 190 g/mol. The summed E-state index contributed by atoms with van der Waals surface area (Å²) >= 11 is 1.81. The van der Waals surface area contributed by atoms with Crippen molar-refractivity contribution in [3.63, 3.8) is 0 Å². The number of nitrogens with two attached hydrogens (primary N) is 1. The molecule has 1 aromatic carbocycles. The molecule has 1 unspecified atom stereocenters. The van der Waals surface area contributed by atoms with E-state index in [2.05, 4.69) is 24.5 Å². The molecule has 0 bridgehead atoms. The van der Waals surface area contributed by atoms with Crippen LogP contribution in [0.25, 0.3) is 0 Å². The smallest absolute Gasteiger partial charge is 0.0386 e. The highest BCUT2D eigenvalue weighted by atomic mass is 32.2. The molecular formula is C12H17NS. The fourth-order valence-corrected chi connectivity index (χ4v) is 2.65. The second kappa shape index (κ2) is 4.37. The number of hydrogen-bond acceptors (Lipinski definition) is 2. The van der Waals surface area contributed by atoms with Crippen LogP contribution in [0.1, 0.15) is 29.2 Å². The summed E-state index contributed by atoms with van der Waals surface area (Å²) in [7, 11) is 0. The lowest BCUT2D eigenvalue weighted by molar-refractivity contribution is 0.829. The van der Waals surface area contributed by atoms with Crippen LogP contribution in [-0.4, -0.2) is 12.0 Å². The molecule has 0 radical (unpaired) electrons. The van der Waals surface area contributed by atoms with E-state index < -0.39 is 0 Å². The van der Waals surface area contributed by atoms with Crippen molar-refractivity contribution in [2.24, 2.45) is 5.73 Å². The van der Waals surface area contributed by atoms with Gasteiger partial charge in [0.25, 0.3) is 0 Å². The van der Waals surface area contributed by atoms with Gasteiger partial charge in [0, 0.05) is 11.8 Å². The van der Waals surface area contributed by atoms with E-state index in [1.165, 1.54) is 36.0 Å². The van der Waals surface area contributed by atoms with Crippen LogP contribution in [0.15, 0.2) is 18.2 Å². The van der Waals surface area contributed by atoms with Crippen molar-refractivity contribution in [3.8, 4) is 0 Å². The summed E-state index contributed by atoms with van der Waals surface area (Å²) < 4.78 is 0. The van der Waals surface area contributed by atoms with Gasteiger partial charge < -0.3 is 5.73 Å². The first-order valence-corrected chi connectivity index (χ1v) is 6.57. The van der Waals surface area contributed by atoms with E-state index >= 15 is 0 Å². The summed E-state index contributed by atoms with van der Waals surface area (Å²) in [6.45, 7) is 0. The molecule has 0 fully saturated rings. The Morgan fingerprint density at radius 3 is 2.93 bits per heavy atom. The van der Waals surface area contributed by atoms with Gasteiger partial charge in [-0.1, -0.05) is 18.2 Å². The Morgan fingerprint density at radius 2 is 2.14 bits per heavy atom. The van der Waals surface area contributed by atoms with E-state index in [-0.39, 0.29) is 6.04 Å². The second-order valence-corrected chi connectivity index (χ2v) is 4.85. The van der Waals surface area contributed by atoms with Gasteiger partial charge >= 0.3 is 0 Å². The molecule has 76 valence electrons. The average Bonchev–Trinajstić information content (AvgIpc) is 2.64. The molecule has 0 saturated heterocycles. The molecule has 2 N–H and O–H groups in total. The zero-order chi connectivity index (χ0) is 9.97. The lowest BCUT2D eigenvalue weighted by Crippen LogP contribution is -2.13. The first-order valence-electron chi connectivity index (χ1n) is 5.17. The van der Waals surface area contributed by atoms with E-state index in [0.29, 0.717) is 0 Å². The second-order valence-electron chi connectivity index (χ2n) is 3.94. The molecule has 14 heavy (non-hydrogen) atoms. The summed E-state index contributed by atoms with van der Waals surface area (Å²) in [5, 5.41) is 0. The van der Waals surface area contributed by atoms with Crippen LogP contribution in [0.3, 0.4) is 0 Å². The lowest BCUT2D eigenvalue weighted by Gasteiger charge is -2.11. The first-order chi connectivity index (χ1) is 6.81. The van der Waals surface area contributed by atoms with Crippen LogP contribution in [0.2, 0.25) is 0 Å². The van der Waals surface area contributed by atoms with E-state index in [4.69, 9.17) is 5.73 Å². The maximum Gasteiger partial charge on any atom is 0.0386 e. The minimum Gasteiger partial charge on any atom is -0.323 e. The summed E-state index contributed by atoms with van der Waals surface area (Å²) in [6, 6.07) is 6.97. The molecule has 1 aromatic rings. The highest BCUT2D eigenvalue weighted by molar-refractivity contribution is 7.98. The van der Waals surface area contributed by atoms with Gasteiger partial charge in [0.1, 0.15) is 0 Å². The van der Waals surface area contributed by atoms with Gasteiger partial charge in [-0.3, -0.25) is 0 Å². The van der Waals surface area contributed by atoms with Crippen LogP contribution in [0.4, 0.5) is 0 Å². The molecule has 2 rings (SSSR count). The molecule has 0 aromatic heterocycles. The maximum absolute atomic E-state index is 6.08. The van der Waals surface area contributed by atoms with Crippen molar-refractivity contribution in [3.05, 3.63) is 34.9 Å². The number of fused-ring (bicyclic) bond motifs is 1. The monoisotopic (exact) mass is 207 g/mol. The third-order valence-electron chi connectivity index (χ3n) is 2.90. The highest BCUT2D eigenvalue weighted by Crippen LogP contribution is 2.25. The van der Waals surface area contributed by atoms with Gasteiger partial charge in [-0.25, -0.2) is 0 Å². The van der Waals surface area contributed by atoms with Crippen molar-refractivity contribution in [1.82, 2.24) is 0 Å². The standard InChI is InChI=1S/C12H17NS/c1-14-8-12(13)11-6-5-9-3-2-4-10(9)7-11/h5-7,12H,2-4,8,13H2,1H3. The Morgan fingerprint density at radius 1 is 1.36 bits per heavy atom. The molecule has 1 aliphatic rings. The van der Waals surface area contributed by atoms with Crippen LogP contribution in [0.5, 0.6) is 0 Å². The summed E-state index contributed by atoms with van der Waals surface area (Å²) in [5.74, 6) is 1.01. The molecule has 0 aliphatic heterocycles. The Labute approximate surface area is 90.1 Å². The molecule has 2 heteroatoms. The number of aryl methyl sites for hydroxylation is 2.